The third kappa shape index (κ3) is 6.41. The average Bonchev–Trinajstić information content (AvgIpc) is 3.10. The minimum Gasteiger partial charge on any atom is -0.356 e. The van der Waals surface area contributed by atoms with Crippen molar-refractivity contribution in [3.05, 3.63) is 66.1 Å². The van der Waals surface area contributed by atoms with Crippen molar-refractivity contribution in [1.82, 2.24) is 20.0 Å². The second kappa shape index (κ2) is 11.3. The van der Waals surface area contributed by atoms with Gasteiger partial charge in [-0.25, -0.2) is 4.98 Å². The molecule has 0 saturated carbocycles. The molecule has 1 unspecified atom stereocenters. The number of pyridine rings is 1. The number of thioether (sulfide) groups is 1. The summed E-state index contributed by atoms with van der Waals surface area (Å²) in [5.74, 6) is 0.829. The van der Waals surface area contributed by atoms with Crippen LogP contribution in [0.1, 0.15) is 18.2 Å². The van der Waals surface area contributed by atoms with Gasteiger partial charge in [-0.15, -0.1) is 35.7 Å². The summed E-state index contributed by atoms with van der Waals surface area (Å²) in [7, 11) is 1.80. The monoisotopic (exact) mass is 509 g/mol. The zero-order valence-electron chi connectivity index (χ0n) is 16.6. The van der Waals surface area contributed by atoms with E-state index in [0.717, 1.165) is 36.8 Å². The van der Waals surface area contributed by atoms with E-state index >= 15 is 0 Å². The van der Waals surface area contributed by atoms with Gasteiger partial charge in [0.1, 0.15) is 5.65 Å². The smallest absolute Gasteiger partial charge is 0.191 e. The first kappa shape index (κ1) is 22.5. The highest BCUT2D eigenvalue weighted by atomic mass is 127. The van der Waals surface area contributed by atoms with E-state index < -0.39 is 0 Å². The van der Waals surface area contributed by atoms with Gasteiger partial charge < -0.3 is 15.0 Å². The van der Waals surface area contributed by atoms with Gasteiger partial charge in [-0.05, 0) is 30.7 Å². The van der Waals surface area contributed by atoms with Gasteiger partial charge in [0, 0.05) is 49.1 Å². The highest BCUT2D eigenvalue weighted by molar-refractivity contribution is 14.0. The summed E-state index contributed by atoms with van der Waals surface area (Å²) in [4.78, 5) is 10.3. The summed E-state index contributed by atoms with van der Waals surface area (Å²) in [5.41, 5.74) is 3.31. The van der Waals surface area contributed by atoms with Crippen LogP contribution in [-0.4, -0.2) is 40.7 Å². The number of aliphatic imine (C=N–C) groups is 1. The first-order valence-corrected chi connectivity index (χ1v) is 10.1. The van der Waals surface area contributed by atoms with Gasteiger partial charge in [-0.3, -0.25) is 4.99 Å². The first-order valence-electron chi connectivity index (χ1n) is 9.25. The Morgan fingerprint density at radius 3 is 2.68 bits per heavy atom. The predicted octanol–water partition coefficient (Wildman–Crippen LogP) is 4.15. The van der Waals surface area contributed by atoms with E-state index in [-0.39, 0.29) is 24.0 Å². The minimum absolute atomic E-state index is 0. The van der Waals surface area contributed by atoms with Crippen LogP contribution in [0, 0.1) is 6.92 Å². The summed E-state index contributed by atoms with van der Waals surface area (Å²) in [6.07, 6.45) is 4.99. The number of nitrogens with zero attached hydrogens (tertiary/aromatic N) is 3. The molecular formula is C21H28IN5S. The van der Waals surface area contributed by atoms with Crippen LogP contribution in [0.5, 0.6) is 0 Å². The molecule has 2 N–H and O–H groups in total. The average molecular weight is 509 g/mol. The fourth-order valence-electron chi connectivity index (χ4n) is 2.87. The van der Waals surface area contributed by atoms with Crippen molar-refractivity contribution in [2.24, 2.45) is 4.99 Å². The Kier molecular flexibility index (Phi) is 9.11. The zero-order chi connectivity index (χ0) is 19.1. The standard InChI is InChI=1S/C21H27N5S.HI/c1-16-8-7-13-26-15-18(25-20(16)26)11-12-23-21(22-3)24-14-17(2)27-19-9-5-4-6-10-19;/h4-10,13,15,17H,11-12,14H2,1-3H3,(H2,22,23,24);1H. The second-order valence-electron chi connectivity index (χ2n) is 6.53. The number of halogens is 1. The Labute approximate surface area is 188 Å². The summed E-state index contributed by atoms with van der Waals surface area (Å²) < 4.78 is 2.08. The summed E-state index contributed by atoms with van der Waals surface area (Å²) >= 11 is 1.86. The van der Waals surface area contributed by atoms with Crippen LogP contribution in [0.15, 0.2) is 64.7 Å². The van der Waals surface area contributed by atoms with Gasteiger partial charge in [-0.1, -0.05) is 31.2 Å². The topological polar surface area (TPSA) is 53.7 Å². The van der Waals surface area contributed by atoms with Crippen LogP contribution in [0.4, 0.5) is 0 Å². The number of benzene rings is 1. The number of aryl methyl sites for hydroxylation is 1. The van der Waals surface area contributed by atoms with Crippen LogP contribution >= 0.6 is 35.7 Å². The molecule has 0 spiro atoms. The van der Waals surface area contributed by atoms with E-state index in [9.17, 15) is 0 Å². The number of hydrogen-bond donors (Lipinski definition) is 2. The molecular weight excluding hydrogens is 481 g/mol. The van der Waals surface area contributed by atoms with Gasteiger partial charge in [0.25, 0.3) is 0 Å². The fourth-order valence-corrected chi connectivity index (χ4v) is 3.81. The lowest BCUT2D eigenvalue weighted by molar-refractivity contribution is 0.775. The van der Waals surface area contributed by atoms with Crippen LogP contribution in [-0.2, 0) is 6.42 Å². The Morgan fingerprint density at radius 2 is 1.96 bits per heavy atom. The normalized spacial score (nSPS) is 12.5. The molecule has 0 bridgehead atoms. The van der Waals surface area contributed by atoms with Crippen molar-refractivity contribution in [2.75, 3.05) is 20.1 Å². The maximum atomic E-state index is 4.72. The third-order valence-electron chi connectivity index (χ3n) is 4.26. The molecule has 0 fully saturated rings. The van der Waals surface area contributed by atoms with Crippen molar-refractivity contribution < 1.29 is 0 Å². The van der Waals surface area contributed by atoms with Crippen molar-refractivity contribution >= 4 is 47.3 Å². The molecule has 0 saturated heterocycles. The van der Waals surface area contributed by atoms with E-state index in [4.69, 9.17) is 4.98 Å². The lowest BCUT2D eigenvalue weighted by Gasteiger charge is -2.15. The quantitative estimate of drug-likeness (QED) is 0.218. The van der Waals surface area contributed by atoms with Crippen molar-refractivity contribution in [3.8, 4) is 0 Å². The Balaban J connectivity index is 0.00000280. The van der Waals surface area contributed by atoms with Gasteiger partial charge in [0.05, 0.1) is 5.69 Å². The SMILES string of the molecule is CN=C(NCCc1cn2cccc(C)c2n1)NCC(C)Sc1ccccc1.I. The minimum atomic E-state index is 0. The van der Waals surface area contributed by atoms with Gasteiger partial charge in [-0.2, -0.15) is 0 Å². The molecule has 1 atom stereocenters. The predicted molar refractivity (Wildman–Crippen MR) is 130 cm³/mol. The molecule has 0 radical (unpaired) electrons. The zero-order valence-corrected chi connectivity index (χ0v) is 19.7. The van der Waals surface area contributed by atoms with Crippen LogP contribution in [0.3, 0.4) is 0 Å². The molecule has 7 heteroatoms. The molecule has 5 nitrogen and oxygen atoms in total. The highest BCUT2D eigenvalue weighted by Gasteiger charge is 2.07. The lowest BCUT2D eigenvalue weighted by Crippen LogP contribution is -2.40. The summed E-state index contributed by atoms with van der Waals surface area (Å²) in [5, 5.41) is 7.23. The van der Waals surface area contributed by atoms with Gasteiger partial charge in [0.2, 0.25) is 0 Å². The van der Waals surface area contributed by atoms with Crippen molar-refractivity contribution in [2.45, 2.75) is 30.4 Å². The van der Waals surface area contributed by atoms with E-state index in [0.29, 0.717) is 5.25 Å². The number of fused-ring (bicyclic) bond motifs is 1. The molecule has 0 aliphatic heterocycles. The summed E-state index contributed by atoms with van der Waals surface area (Å²) in [6, 6.07) is 14.6. The fraction of sp³-hybridized carbons (Fsp3) is 0.333. The molecule has 0 aliphatic carbocycles. The summed E-state index contributed by atoms with van der Waals surface area (Å²) in [6.45, 7) is 5.96. The van der Waals surface area contributed by atoms with E-state index in [1.54, 1.807) is 7.05 Å². The molecule has 0 aliphatic rings. The van der Waals surface area contributed by atoms with Gasteiger partial charge in [0.15, 0.2) is 5.96 Å². The third-order valence-corrected chi connectivity index (χ3v) is 5.38. The van der Waals surface area contributed by atoms with E-state index in [2.05, 4.69) is 70.4 Å². The molecule has 1 aromatic carbocycles. The second-order valence-corrected chi connectivity index (χ2v) is 8.04. The molecule has 2 aromatic heterocycles. The van der Waals surface area contributed by atoms with Crippen LogP contribution in [0.25, 0.3) is 5.65 Å². The number of imidazole rings is 1. The Hall–Kier alpha value is -1.74. The van der Waals surface area contributed by atoms with Crippen molar-refractivity contribution in [3.63, 3.8) is 0 Å². The number of hydrogen-bond acceptors (Lipinski definition) is 3. The number of nitrogens with one attached hydrogen (secondary N) is 2. The van der Waals surface area contributed by atoms with Gasteiger partial charge >= 0.3 is 0 Å². The maximum Gasteiger partial charge on any atom is 0.191 e. The largest absolute Gasteiger partial charge is 0.356 e. The van der Waals surface area contributed by atoms with E-state index in [1.807, 2.05) is 30.1 Å². The van der Waals surface area contributed by atoms with Crippen LogP contribution < -0.4 is 10.6 Å². The molecule has 2 heterocycles. The number of aromatic nitrogens is 2. The molecule has 3 aromatic rings. The molecule has 3 rings (SSSR count). The molecule has 0 amide bonds. The maximum absolute atomic E-state index is 4.72. The Morgan fingerprint density at radius 1 is 1.18 bits per heavy atom. The lowest BCUT2D eigenvalue weighted by atomic mass is 10.3. The van der Waals surface area contributed by atoms with E-state index in [1.165, 1.54) is 10.5 Å². The first-order chi connectivity index (χ1) is 13.2. The Bertz CT molecular complexity index is 894. The highest BCUT2D eigenvalue weighted by Crippen LogP contribution is 2.21. The molecule has 150 valence electrons. The number of guanidine groups is 1. The van der Waals surface area contributed by atoms with Crippen LogP contribution in [0.2, 0.25) is 0 Å². The number of rotatable bonds is 7. The molecule has 28 heavy (non-hydrogen) atoms. The van der Waals surface area contributed by atoms with Crippen molar-refractivity contribution in [1.29, 1.82) is 0 Å².